The van der Waals surface area contributed by atoms with Crippen LogP contribution in [0.4, 0.5) is 13.2 Å². The van der Waals surface area contributed by atoms with Gasteiger partial charge in [0.2, 0.25) is 0 Å². The summed E-state index contributed by atoms with van der Waals surface area (Å²) in [4.78, 5) is 0. The van der Waals surface area contributed by atoms with E-state index in [1.807, 2.05) is 0 Å². The molecule has 0 fully saturated rings. The first-order chi connectivity index (χ1) is 7.38. The Bertz CT molecular complexity index is 351. The van der Waals surface area contributed by atoms with Crippen molar-refractivity contribution in [1.82, 2.24) is 0 Å². The molecule has 16 heavy (non-hydrogen) atoms. The average Bonchev–Trinajstić information content (AvgIpc) is 2.20. The summed E-state index contributed by atoms with van der Waals surface area (Å²) in [5, 5.41) is 9.22. The quantitative estimate of drug-likeness (QED) is 0.838. The lowest BCUT2D eigenvalue weighted by Crippen LogP contribution is -2.38. The Labute approximate surface area is 91.9 Å². The molecule has 0 spiro atoms. The van der Waals surface area contributed by atoms with Gasteiger partial charge in [0.1, 0.15) is 0 Å². The van der Waals surface area contributed by atoms with Crippen LogP contribution in [0.25, 0.3) is 0 Å². The van der Waals surface area contributed by atoms with E-state index >= 15 is 0 Å². The topological polar surface area (TPSA) is 46.2 Å². The highest BCUT2D eigenvalue weighted by Gasteiger charge is 2.43. The van der Waals surface area contributed by atoms with Gasteiger partial charge in [-0.25, -0.2) is 0 Å². The molecule has 0 aromatic heterocycles. The Morgan fingerprint density at radius 2 is 1.88 bits per heavy atom. The highest BCUT2D eigenvalue weighted by Crippen LogP contribution is 2.32. The van der Waals surface area contributed by atoms with Crippen molar-refractivity contribution in [3.05, 3.63) is 35.4 Å². The monoisotopic (exact) mass is 233 g/mol. The third kappa shape index (κ3) is 2.74. The molecule has 1 aromatic rings. The molecule has 0 radical (unpaired) electrons. The van der Waals surface area contributed by atoms with E-state index in [2.05, 4.69) is 0 Å². The van der Waals surface area contributed by atoms with Crippen molar-refractivity contribution < 1.29 is 18.3 Å². The molecule has 0 saturated heterocycles. The van der Waals surface area contributed by atoms with Crippen LogP contribution in [-0.2, 0) is 0 Å². The van der Waals surface area contributed by atoms with Crippen LogP contribution in [0.3, 0.4) is 0 Å². The molecule has 5 heteroatoms. The lowest BCUT2D eigenvalue weighted by atomic mass is 9.90. The molecule has 0 heterocycles. The fourth-order valence-electron chi connectivity index (χ4n) is 1.66. The third-order valence-corrected chi connectivity index (χ3v) is 2.56. The standard InChI is InChI=1S/C11H14F3NO/c1-7-4-2-3-5-8(7)9(6-15)10(16)11(12,13)14/h2-5,9-10,16H,6,15H2,1H3. The van der Waals surface area contributed by atoms with Gasteiger partial charge in [0.15, 0.2) is 6.10 Å². The second kappa shape index (κ2) is 4.84. The van der Waals surface area contributed by atoms with Gasteiger partial charge in [0.25, 0.3) is 0 Å². The van der Waals surface area contributed by atoms with E-state index in [1.54, 1.807) is 31.2 Å². The molecular weight excluding hydrogens is 219 g/mol. The fraction of sp³-hybridized carbons (Fsp3) is 0.455. The predicted molar refractivity (Wildman–Crippen MR) is 55.0 cm³/mol. The Morgan fingerprint density at radius 3 is 2.31 bits per heavy atom. The van der Waals surface area contributed by atoms with Crippen LogP contribution in [-0.4, -0.2) is 23.9 Å². The number of halogens is 3. The minimum Gasteiger partial charge on any atom is -0.383 e. The van der Waals surface area contributed by atoms with Crippen molar-refractivity contribution in [2.24, 2.45) is 5.73 Å². The Kier molecular flexibility index (Phi) is 3.93. The number of rotatable bonds is 3. The normalized spacial score (nSPS) is 15.9. The number of alkyl halides is 3. The molecule has 2 atom stereocenters. The maximum absolute atomic E-state index is 12.4. The first-order valence-electron chi connectivity index (χ1n) is 4.88. The number of benzene rings is 1. The van der Waals surface area contributed by atoms with Crippen LogP contribution in [0.2, 0.25) is 0 Å². The molecule has 2 unspecified atom stereocenters. The minimum atomic E-state index is -4.65. The Balaban J connectivity index is 3.04. The van der Waals surface area contributed by atoms with E-state index in [9.17, 15) is 18.3 Å². The summed E-state index contributed by atoms with van der Waals surface area (Å²) in [6, 6.07) is 6.61. The third-order valence-electron chi connectivity index (χ3n) is 2.56. The van der Waals surface area contributed by atoms with Crippen molar-refractivity contribution in [1.29, 1.82) is 0 Å². The number of aliphatic hydroxyl groups is 1. The average molecular weight is 233 g/mol. The molecule has 0 aliphatic carbocycles. The molecule has 90 valence electrons. The lowest BCUT2D eigenvalue weighted by Gasteiger charge is -2.25. The lowest BCUT2D eigenvalue weighted by molar-refractivity contribution is -0.210. The second-order valence-corrected chi connectivity index (χ2v) is 3.69. The number of aliphatic hydroxyl groups excluding tert-OH is 1. The summed E-state index contributed by atoms with van der Waals surface area (Å²) < 4.78 is 37.2. The van der Waals surface area contributed by atoms with E-state index in [0.29, 0.717) is 11.1 Å². The van der Waals surface area contributed by atoms with Gasteiger partial charge < -0.3 is 10.8 Å². The Hall–Kier alpha value is -1.07. The smallest absolute Gasteiger partial charge is 0.383 e. The molecule has 0 amide bonds. The number of aryl methyl sites for hydroxylation is 1. The van der Waals surface area contributed by atoms with Gasteiger partial charge in [-0.1, -0.05) is 24.3 Å². The summed E-state index contributed by atoms with van der Waals surface area (Å²) >= 11 is 0. The van der Waals surface area contributed by atoms with Crippen LogP contribution in [0.15, 0.2) is 24.3 Å². The maximum atomic E-state index is 12.4. The summed E-state index contributed by atoms with van der Waals surface area (Å²) in [5.74, 6) is -1.11. The highest BCUT2D eigenvalue weighted by molar-refractivity contribution is 5.30. The van der Waals surface area contributed by atoms with Gasteiger partial charge in [0, 0.05) is 12.5 Å². The minimum absolute atomic E-state index is 0.245. The highest BCUT2D eigenvalue weighted by atomic mass is 19.4. The van der Waals surface area contributed by atoms with E-state index in [4.69, 9.17) is 5.73 Å². The zero-order chi connectivity index (χ0) is 12.3. The van der Waals surface area contributed by atoms with Crippen molar-refractivity contribution in [2.75, 3.05) is 6.54 Å². The first kappa shape index (κ1) is 13.0. The van der Waals surface area contributed by atoms with Gasteiger partial charge in [-0.2, -0.15) is 13.2 Å². The fourth-order valence-corrected chi connectivity index (χ4v) is 1.66. The zero-order valence-electron chi connectivity index (χ0n) is 8.83. The molecule has 1 aromatic carbocycles. The SMILES string of the molecule is Cc1ccccc1C(CN)C(O)C(F)(F)F. The molecule has 0 aliphatic heterocycles. The van der Waals surface area contributed by atoms with Gasteiger partial charge in [-0.3, -0.25) is 0 Å². The van der Waals surface area contributed by atoms with Crippen molar-refractivity contribution in [2.45, 2.75) is 25.1 Å². The van der Waals surface area contributed by atoms with E-state index in [1.165, 1.54) is 0 Å². The van der Waals surface area contributed by atoms with Gasteiger partial charge in [-0.15, -0.1) is 0 Å². The molecule has 2 nitrogen and oxygen atoms in total. The summed E-state index contributed by atoms with van der Waals surface area (Å²) in [6.45, 7) is 1.45. The molecule has 1 rings (SSSR count). The van der Waals surface area contributed by atoms with Crippen LogP contribution in [0, 0.1) is 6.92 Å². The van der Waals surface area contributed by atoms with Crippen LogP contribution >= 0.6 is 0 Å². The summed E-state index contributed by atoms with van der Waals surface area (Å²) in [6.07, 6.45) is -7.06. The number of hydrogen-bond acceptors (Lipinski definition) is 2. The largest absolute Gasteiger partial charge is 0.414 e. The molecule has 0 bridgehead atoms. The van der Waals surface area contributed by atoms with Crippen molar-refractivity contribution in [3.8, 4) is 0 Å². The molecule has 0 aliphatic rings. The summed E-state index contributed by atoms with van der Waals surface area (Å²) in [5.41, 5.74) is 6.45. The van der Waals surface area contributed by atoms with Crippen LogP contribution in [0.5, 0.6) is 0 Å². The Morgan fingerprint density at radius 1 is 1.31 bits per heavy atom. The molecule has 3 N–H and O–H groups in total. The number of nitrogens with two attached hydrogens (primary N) is 1. The van der Waals surface area contributed by atoms with Gasteiger partial charge in [0.05, 0.1) is 0 Å². The van der Waals surface area contributed by atoms with Crippen molar-refractivity contribution >= 4 is 0 Å². The maximum Gasteiger partial charge on any atom is 0.414 e. The van der Waals surface area contributed by atoms with E-state index in [0.717, 1.165) is 0 Å². The first-order valence-corrected chi connectivity index (χ1v) is 4.88. The van der Waals surface area contributed by atoms with Crippen LogP contribution < -0.4 is 5.73 Å². The van der Waals surface area contributed by atoms with Crippen molar-refractivity contribution in [3.63, 3.8) is 0 Å². The molecular formula is C11H14F3NO. The van der Waals surface area contributed by atoms with Gasteiger partial charge >= 0.3 is 6.18 Å². The predicted octanol–water partition coefficient (Wildman–Crippen LogP) is 1.96. The van der Waals surface area contributed by atoms with Crippen LogP contribution in [0.1, 0.15) is 17.0 Å². The number of hydrogen-bond donors (Lipinski definition) is 2. The molecule has 0 saturated carbocycles. The summed E-state index contributed by atoms with van der Waals surface area (Å²) in [7, 11) is 0. The second-order valence-electron chi connectivity index (χ2n) is 3.69. The van der Waals surface area contributed by atoms with Gasteiger partial charge in [-0.05, 0) is 18.1 Å². The van der Waals surface area contributed by atoms with E-state index in [-0.39, 0.29) is 6.54 Å². The zero-order valence-corrected chi connectivity index (χ0v) is 8.83. The van der Waals surface area contributed by atoms with E-state index < -0.39 is 18.2 Å².